The number of hydrogen-bond acceptors (Lipinski definition) is 2. The maximum Gasteiger partial charge on any atom is 0.280 e. The predicted molar refractivity (Wildman–Crippen MR) is 48.5 cm³/mol. The van der Waals surface area contributed by atoms with Crippen LogP contribution in [-0.2, 0) is 5.88 Å². The van der Waals surface area contributed by atoms with Crippen LogP contribution in [0, 0.1) is 11.3 Å². The van der Waals surface area contributed by atoms with Gasteiger partial charge in [0.2, 0.25) is 0 Å². The molecule has 2 nitrogen and oxygen atoms in total. The second kappa shape index (κ2) is 4.54. The maximum atomic E-state index is 12.3. The van der Waals surface area contributed by atoms with Crippen molar-refractivity contribution in [1.29, 1.82) is 5.26 Å². The molecule has 0 unspecified atom stereocenters. The van der Waals surface area contributed by atoms with Crippen molar-refractivity contribution in [2.24, 2.45) is 0 Å². The predicted octanol–water partition coefficient (Wildman–Crippen LogP) is 3.28. The van der Waals surface area contributed by atoms with E-state index >= 15 is 0 Å². The summed E-state index contributed by atoms with van der Waals surface area (Å²) in [5.41, 5.74) is -0.340. The summed E-state index contributed by atoms with van der Waals surface area (Å²) in [6.07, 6.45) is -2.72. The third kappa shape index (κ3) is 2.11. The van der Waals surface area contributed by atoms with Gasteiger partial charge >= 0.3 is 0 Å². The minimum atomic E-state index is -2.72. The van der Waals surface area contributed by atoms with Crippen LogP contribution in [0.25, 0.3) is 0 Å². The molecule has 0 saturated heterocycles. The molecular weight excluding hydrogens is 233 g/mol. The monoisotopic (exact) mass is 236 g/mol. The van der Waals surface area contributed by atoms with E-state index in [9.17, 15) is 8.78 Å². The molecule has 1 rings (SSSR count). The Kier molecular flexibility index (Phi) is 3.62. The zero-order valence-corrected chi connectivity index (χ0v) is 8.28. The largest absolute Gasteiger partial charge is 0.280 e. The molecule has 1 aromatic rings. The van der Waals surface area contributed by atoms with E-state index in [2.05, 4.69) is 4.98 Å². The molecule has 0 fully saturated rings. The van der Waals surface area contributed by atoms with Gasteiger partial charge in [-0.3, -0.25) is 0 Å². The van der Waals surface area contributed by atoms with E-state index in [-0.39, 0.29) is 22.2 Å². The van der Waals surface area contributed by atoms with Crippen LogP contribution in [0.4, 0.5) is 8.78 Å². The molecule has 0 amide bonds. The van der Waals surface area contributed by atoms with E-state index in [0.717, 1.165) is 6.07 Å². The Morgan fingerprint density at radius 2 is 2.21 bits per heavy atom. The number of nitriles is 1. The number of rotatable bonds is 2. The molecule has 14 heavy (non-hydrogen) atoms. The molecule has 0 saturated carbocycles. The van der Waals surface area contributed by atoms with Crippen molar-refractivity contribution in [3.63, 3.8) is 0 Å². The zero-order valence-electron chi connectivity index (χ0n) is 6.77. The van der Waals surface area contributed by atoms with Gasteiger partial charge in [0, 0.05) is 0 Å². The normalized spacial score (nSPS) is 10.3. The SMILES string of the molecule is N#Cc1c(Cl)cc(C(F)F)nc1CCl. The molecule has 0 spiro atoms. The van der Waals surface area contributed by atoms with Gasteiger partial charge in [0.25, 0.3) is 6.43 Å². The number of pyridine rings is 1. The van der Waals surface area contributed by atoms with Crippen molar-refractivity contribution in [2.45, 2.75) is 12.3 Å². The minimum Gasteiger partial charge on any atom is -0.249 e. The van der Waals surface area contributed by atoms with Crippen LogP contribution in [0.3, 0.4) is 0 Å². The minimum absolute atomic E-state index is 0.0473. The van der Waals surface area contributed by atoms with Crippen LogP contribution in [0.1, 0.15) is 23.4 Å². The third-order valence-corrected chi connectivity index (χ3v) is 2.08. The molecule has 0 aliphatic rings. The molecule has 0 aliphatic heterocycles. The second-order valence-corrected chi connectivity index (χ2v) is 3.07. The van der Waals surface area contributed by atoms with Gasteiger partial charge in [-0.05, 0) is 6.07 Å². The van der Waals surface area contributed by atoms with Gasteiger partial charge in [0.1, 0.15) is 11.8 Å². The van der Waals surface area contributed by atoms with Crippen molar-refractivity contribution in [3.8, 4) is 6.07 Å². The lowest BCUT2D eigenvalue weighted by Gasteiger charge is -2.05. The Hall–Kier alpha value is -0.920. The molecule has 0 atom stereocenters. The Balaban J connectivity index is 3.33. The van der Waals surface area contributed by atoms with E-state index in [1.165, 1.54) is 0 Å². The van der Waals surface area contributed by atoms with Crippen LogP contribution in [-0.4, -0.2) is 4.98 Å². The first-order valence-corrected chi connectivity index (χ1v) is 4.45. The molecule has 0 aliphatic carbocycles. The molecule has 0 bridgehead atoms. The number of halogens is 4. The molecule has 0 radical (unpaired) electrons. The van der Waals surface area contributed by atoms with E-state index in [1.54, 1.807) is 6.07 Å². The fourth-order valence-corrected chi connectivity index (χ4v) is 1.37. The fraction of sp³-hybridized carbons (Fsp3) is 0.250. The average molecular weight is 237 g/mol. The second-order valence-electron chi connectivity index (χ2n) is 2.40. The van der Waals surface area contributed by atoms with Gasteiger partial charge in [-0.15, -0.1) is 11.6 Å². The highest BCUT2D eigenvalue weighted by Crippen LogP contribution is 2.25. The summed E-state index contributed by atoms with van der Waals surface area (Å²) in [6, 6.07) is 2.73. The van der Waals surface area contributed by atoms with Gasteiger partial charge in [-0.25, -0.2) is 13.8 Å². The van der Waals surface area contributed by atoms with Gasteiger partial charge < -0.3 is 0 Å². The Morgan fingerprint density at radius 1 is 1.57 bits per heavy atom. The fourth-order valence-electron chi connectivity index (χ4n) is 0.910. The molecule has 0 aromatic carbocycles. The summed E-state index contributed by atoms with van der Waals surface area (Å²) in [6.45, 7) is 0. The Bertz CT molecular complexity index is 388. The Labute approximate surface area is 89.1 Å². The smallest absolute Gasteiger partial charge is 0.249 e. The summed E-state index contributed by atoms with van der Waals surface area (Å²) in [7, 11) is 0. The molecule has 74 valence electrons. The van der Waals surface area contributed by atoms with Crippen molar-refractivity contribution < 1.29 is 8.78 Å². The topological polar surface area (TPSA) is 36.7 Å². The third-order valence-electron chi connectivity index (χ3n) is 1.53. The molecule has 1 heterocycles. The van der Waals surface area contributed by atoms with Crippen LogP contribution in [0.15, 0.2) is 6.07 Å². The van der Waals surface area contributed by atoms with Gasteiger partial charge in [-0.2, -0.15) is 5.26 Å². The highest BCUT2D eigenvalue weighted by molar-refractivity contribution is 6.32. The summed E-state index contributed by atoms with van der Waals surface area (Å²) >= 11 is 11.0. The summed E-state index contributed by atoms with van der Waals surface area (Å²) in [5, 5.41) is 8.59. The average Bonchev–Trinajstić information content (AvgIpc) is 2.16. The summed E-state index contributed by atoms with van der Waals surface area (Å²) < 4.78 is 24.5. The van der Waals surface area contributed by atoms with Gasteiger partial charge in [0.15, 0.2) is 0 Å². The van der Waals surface area contributed by atoms with Crippen molar-refractivity contribution in [2.75, 3.05) is 0 Å². The molecule has 0 N–H and O–H groups in total. The number of aromatic nitrogens is 1. The quantitative estimate of drug-likeness (QED) is 0.740. The highest BCUT2D eigenvalue weighted by atomic mass is 35.5. The summed E-state index contributed by atoms with van der Waals surface area (Å²) in [5.74, 6) is -0.122. The lowest BCUT2D eigenvalue weighted by molar-refractivity contribution is 0.146. The summed E-state index contributed by atoms with van der Waals surface area (Å²) in [4.78, 5) is 3.53. The van der Waals surface area contributed by atoms with E-state index < -0.39 is 12.1 Å². The van der Waals surface area contributed by atoms with Crippen LogP contribution >= 0.6 is 23.2 Å². The van der Waals surface area contributed by atoms with Crippen LogP contribution in [0.5, 0.6) is 0 Å². The van der Waals surface area contributed by atoms with E-state index in [1.807, 2.05) is 0 Å². The van der Waals surface area contributed by atoms with E-state index in [0.29, 0.717) is 0 Å². The zero-order chi connectivity index (χ0) is 10.7. The van der Waals surface area contributed by atoms with Gasteiger partial charge in [-0.1, -0.05) is 11.6 Å². The number of nitrogens with zero attached hydrogens (tertiary/aromatic N) is 2. The van der Waals surface area contributed by atoms with E-state index in [4.69, 9.17) is 28.5 Å². The van der Waals surface area contributed by atoms with Crippen molar-refractivity contribution in [1.82, 2.24) is 4.98 Å². The lowest BCUT2D eigenvalue weighted by atomic mass is 10.2. The highest BCUT2D eigenvalue weighted by Gasteiger charge is 2.15. The lowest BCUT2D eigenvalue weighted by Crippen LogP contribution is -1.99. The first-order valence-electron chi connectivity index (χ1n) is 3.53. The van der Waals surface area contributed by atoms with Gasteiger partial charge in [0.05, 0.1) is 22.2 Å². The molecular formula is C8H4Cl2F2N2. The van der Waals surface area contributed by atoms with Crippen LogP contribution < -0.4 is 0 Å². The molecule has 1 aromatic heterocycles. The number of hydrogen-bond donors (Lipinski definition) is 0. The standard InChI is InChI=1S/C8H4Cl2F2N2/c9-2-7-4(3-13)5(10)1-6(14-7)8(11)12/h1,8H,2H2. The number of alkyl halides is 3. The van der Waals surface area contributed by atoms with Crippen molar-refractivity contribution in [3.05, 3.63) is 28.0 Å². The first kappa shape index (κ1) is 11.2. The Morgan fingerprint density at radius 3 is 2.64 bits per heavy atom. The first-order chi connectivity index (χ1) is 6.60. The maximum absolute atomic E-state index is 12.3. The van der Waals surface area contributed by atoms with Crippen LogP contribution in [0.2, 0.25) is 5.02 Å². The molecule has 6 heteroatoms. The van der Waals surface area contributed by atoms with Crippen molar-refractivity contribution >= 4 is 23.2 Å².